The van der Waals surface area contributed by atoms with Gasteiger partial charge in [0.25, 0.3) is 5.24 Å². The molecular weight excluding hydrogens is 272 g/mol. The van der Waals surface area contributed by atoms with Gasteiger partial charge in [-0.05, 0) is 56.9 Å². The Labute approximate surface area is 117 Å². The number of piperidine rings is 1. The summed E-state index contributed by atoms with van der Waals surface area (Å²) in [4.78, 5) is 14.2. The molecule has 2 atom stereocenters. The van der Waals surface area contributed by atoms with Gasteiger partial charge in [-0.3, -0.25) is 4.79 Å². The van der Waals surface area contributed by atoms with Gasteiger partial charge in [-0.15, -0.1) is 0 Å². The van der Waals surface area contributed by atoms with Crippen LogP contribution in [0.5, 0.6) is 0 Å². The highest BCUT2D eigenvalue weighted by Crippen LogP contribution is 2.36. The molecule has 0 aromatic heterocycles. The summed E-state index contributed by atoms with van der Waals surface area (Å²) in [6, 6.07) is 0.582. The van der Waals surface area contributed by atoms with E-state index >= 15 is 0 Å². The minimum absolute atomic E-state index is 0.0494. The first-order chi connectivity index (χ1) is 7.94. The van der Waals surface area contributed by atoms with E-state index < -0.39 is 0 Å². The highest BCUT2D eigenvalue weighted by atomic mass is 33.5. The van der Waals surface area contributed by atoms with Crippen molar-refractivity contribution in [2.24, 2.45) is 0 Å². The second kappa shape index (κ2) is 6.59. The lowest BCUT2D eigenvalue weighted by Gasteiger charge is -2.47. The van der Waals surface area contributed by atoms with Crippen molar-refractivity contribution in [2.75, 3.05) is 7.05 Å². The first-order valence-corrected chi connectivity index (χ1v) is 9.13. The lowest BCUT2D eigenvalue weighted by Crippen LogP contribution is -2.61. The highest BCUT2D eigenvalue weighted by Gasteiger charge is 2.40. The van der Waals surface area contributed by atoms with Gasteiger partial charge in [-0.1, -0.05) is 11.7 Å². The van der Waals surface area contributed by atoms with E-state index in [0.717, 1.165) is 12.8 Å². The van der Waals surface area contributed by atoms with E-state index in [-0.39, 0.29) is 16.8 Å². The smallest absolute Gasteiger partial charge is 0.293 e. The molecule has 1 aliphatic heterocycles. The molecule has 2 unspecified atom stereocenters. The van der Waals surface area contributed by atoms with E-state index in [4.69, 9.17) is 0 Å². The molecule has 1 heterocycles. The molecule has 100 valence electrons. The quantitative estimate of drug-likeness (QED) is 0.615. The van der Waals surface area contributed by atoms with Gasteiger partial charge in [0.1, 0.15) is 0 Å². The van der Waals surface area contributed by atoms with E-state index in [1.54, 1.807) is 0 Å². The molecule has 1 aliphatic rings. The number of thiol groups is 1. The van der Waals surface area contributed by atoms with Gasteiger partial charge >= 0.3 is 0 Å². The Hall–Kier alpha value is 0.480. The lowest BCUT2D eigenvalue weighted by molar-refractivity contribution is 0.0833. The Morgan fingerprint density at radius 1 is 1.47 bits per heavy atom. The molecule has 0 radical (unpaired) electrons. The summed E-state index contributed by atoms with van der Waals surface area (Å²) < 4.78 is 0. The van der Waals surface area contributed by atoms with Crippen LogP contribution in [0.2, 0.25) is 0 Å². The van der Waals surface area contributed by atoms with E-state index in [9.17, 15) is 4.79 Å². The SMILES string of the molecule is CNC(C)(C)C1CCCC(C)N1C(=O)SSS. The Morgan fingerprint density at radius 2 is 2.12 bits per heavy atom. The topological polar surface area (TPSA) is 32.3 Å². The van der Waals surface area contributed by atoms with E-state index in [2.05, 4.69) is 37.7 Å². The summed E-state index contributed by atoms with van der Waals surface area (Å²) >= 11 is 4.05. The number of nitrogens with one attached hydrogen (secondary N) is 1. The monoisotopic (exact) mass is 294 g/mol. The van der Waals surface area contributed by atoms with Crippen molar-refractivity contribution in [3.05, 3.63) is 0 Å². The zero-order valence-corrected chi connectivity index (χ0v) is 13.4. The molecule has 1 saturated heterocycles. The summed E-state index contributed by atoms with van der Waals surface area (Å²) in [7, 11) is 4.40. The predicted molar refractivity (Wildman–Crippen MR) is 81.6 cm³/mol. The number of rotatable bonds is 3. The molecular formula is C11H22N2OS3. The van der Waals surface area contributed by atoms with Gasteiger partial charge in [-0.25, -0.2) is 0 Å². The summed E-state index contributed by atoms with van der Waals surface area (Å²) in [5.74, 6) is 0. The largest absolute Gasteiger partial charge is 0.325 e. The summed E-state index contributed by atoms with van der Waals surface area (Å²) in [5.41, 5.74) is -0.0494. The number of amides is 1. The Balaban J connectivity index is 2.88. The minimum atomic E-state index is -0.0494. The number of carbonyl (C=O) groups is 1. The fourth-order valence-electron chi connectivity index (χ4n) is 2.45. The molecule has 0 aromatic carbocycles. The first-order valence-electron chi connectivity index (χ1n) is 5.93. The predicted octanol–water partition coefficient (Wildman–Crippen LogP) is 3.57. The van der Waals surface area contributed by atoms with Crippen molar-refractivity contribution in [3.8, 4) is 0 Å². The van der Waals surface area contributed by atoms with Gasteiger partial charge < -0.3 is 10.2 Å². The first kappa shape index (κ1) is 15.5. The normalized spacial score (nSPS) is 26.1. The average molecular weight is 295 g/mol. The second-order valence-electron chi connectivity index (χ2n) is 5.10. The zero-order chi connectivity index (χ0) is 13.1. The van der Waals surface area contributed by atoms with Crippen LogP contribution in [-0.4, -0.2) is 34.8 Å². The zero-order valence-electron chi connectivity index (χ0n) is 10.9. The van der Waals surface area contributed by atoms with Crippen LogP contribution in [0.25, 0.3) is 0 Å². The number of hydrogen-bond acceptors (Lipinski definition) is 5. The molecule has 3 nitrogen and oxygen atoms in total. The van der Waals surface area contributed by atoms with Crippen LogP contribution in [0.4, 0.5) is 4.79 Å². The number of likely N-dealkylation sites (N-methyl/N-ethyl adjacent to an activating group) is 1. The molecule has 1 rings (SSSR count). The molecule has 0 aliphatic carbocycles. The van der Waals surface area contributed by atoms with Crippen LogP contribution in [0.15, 0.2) is 0 Å². The summed E-state index contributed by atoms with van der Waals surface area (Å²) in [5, 5.41) is 3.46. The van der Waals surface area contributed by atoms with Gasteiger partial charge in [0, 0.05) is 22.4 Å². The lowest BCUT2D eigenvalue weighted by atomic mass is 9.84. The standard InChI is InChI=1S/C11H22N2OS3/c1-8-6-5-7-9(11(2,3)12-4)13(8)10(14)16-17-15/h8-9,12,15H,5-7H2,1-4H3. The third-order valence-corrected chi connectivity index (χ3v) is 5.46. The number of hydrogen-bond donors (Lipinski definition) is 2. The average Bonchev–Trinajstić information content (AvgIpc) is 2.28. The molecule has 6 heteroatoms. The van der Waals surface area contributed by atoms with Crippen LogP contribution >= 0.6 is 32.3 Å². The Morgan fingerprint density at radius 3 is 2.65 bits per heavy atom. The van der Waals surface area contributed by atoms with Gasteiger partial charge in [-0.2, -0.15) is 0 Å². The van der Waals surface area contributed by atoms with Crippen molar-refractivity contribution in [2.45, 2.75) is 57.7 Å². The second-order valence-corrected chi connectivity index (χ2v) is 8.05. The number of likely N-dealkylation sites (tertiary alicyclic amines) is 1. The molecule has 1 amide bonds. The van der Waals surface area contributed by atoms with Crippen molar-refractivity contribution in [1.29, 1.82) is 0 Å². The van der Waals surface area contributed by atoms with Crippen molar-refractivity contribution in [1.82, 2.24) is 10.2 Å². The molecule has 0 aromatic rings. The van der Waals surface area contributed by atoms with Crippen molar-refractivity contribution in [3.63, 3.8) is 0 Å². The summed E-state index contributed by atoms with van der Waals surface area (Å²) in [6.07, 6.45) is 3.36. The van der Waals surface area contributed by atoms with Gasteiger partial charge in [0.05, 0.1) is 6.04 Å². The molecule has 1 fully saturated rings. The van der Waals surface area contributed by atoms with Crippen LogP contribution in [0.3, 0.4) is 0 Å². The Bertz CT molecular complexity index is 273. The Kier molecular flexibility index (Phi) is 6.02. The fourth-order valence-corrected chi connectivity index (χ4v) is 3.93. The van der Waals surface area contributed by atoms with Crippen molar-refractivity contribution < 1.29 is 4.79 Å². The fraction of sp³-hybridized carbons (Fsp3) is 0.909. The van der Waals surface area contributed by atoms with Crippen molar-refractivity contribution >= 4 is 37.5 Å². The van der Waals surface area contributed by atoms with Crippen LogP contribution in [0.1, 0.15) is 40.0 Å². The van der Waals surface area contributed by atoms with E-state index in [1.165, 1.54) is 27.0 Å². The molecule has 17 heavy (non-hydrogen) atoms. The van der Waals surface area contributed by atoms with Crippen LogP contribution in [0, 0.1) is 0 Å². The van der Waals surface area contributed by atoms with Gasteiger partial charge in [0.15, 0.2) is 0 Å². The third kappa shape index (κ3) is 3.72. The van der Waals surface area contributed by atoms with Crippen LogP contribution in [-0.2, 0) is 0 Å². The maximum Gasteiger partial charge on any atom is 0.293 e. The van der Waals surface area contributed by atoms with E-state index in [0.29, 0.717) is 6.04 Å². The highest BCUT2D eigenvalue weighted by molar-refractivity contribution is 9.08. The number of carbonyl (C=O) groups excluding carboxylic acids is 1. The maximum atomic E-state index is 12.2. The molecule has 0 saturated carbocycles. The van der Waals surface area contributed by atoms with E-state index in [1.807, 2.05) is 11.9 Å². The molecule has 1 N–H and O–H groups in total. The molecule has 0 bridgehead atoms. The minimum Gasteiger partial charge on any atom is -0.325 e. The van der Waals surface area contributed by atoms with Gasteiger partial charge in [0.2, 0.25) is 0 Å². The number of nitrogens with zero attached hydrogens (tertiary/aromatic N) is 1. The molecule has 0 spiro atoms. The van der Waals surface area contributed by atoms with Crippen LogP contribution < -0.4 is 5.32 Å². The summed E-state index contributed by atoms with van der Waals surface area (Å²) in [6.45, 7) is 6.46. The maximum absolute atomic E-state index is 12.2. The third-order valence-electron chi connectivity index (χ3n) is 3.71.